The third-order valence-corrected chi connectivity index (χ3v) is 4.00. The lowest BCUT2D eigenvalue weighted by molar-refractivity contribution is 0.146. The minimum Gasteiger partial charge on any atom is -0.496 e. The molecule has 4 heteroatoms. The van der Waals surface area contributed by atoms with E-state index in [4.69, 9.17) is 14.2 Å². The van der Waals surface area contributed by atoms with Gasteiger partial charge in [-0.05, 0) is 25.0 Å². The monoisotopic (exact) mass is 293 g/mol. The molecule has 118 valence electrons. The smallest absolute Gasteiger partial charge is 0.123 e. The van der Waals surface area contributed by atoms with E-state index < -0.39 is 0 Å². The minimum atomic E-state index is 0.254. The van der Waals surface area contributed by atoms with Crippen LogP contribution in [0.1, 0.15) is 31.9 Å². The van der Waals surface area contributed by atoms with Gasteiger partial charge in [0.1, 0.15) is 17.6 Å². The molecule has 1 N–H and O–H groups in total. The third-order valence-electron chi connectivity index (χ3n) is 4.00. The maximum Gasteiger partial charge on any atom is 0.123 e. The van der Waals surface area contributed by atoms with Gasteiger partial charge in [0, 0.05) is 37.2 Å². The van der Waals surface area contributed by atoms with Crippen LogP contribution in [0.3, 0.4) is 0 Å². The summed E-state index contributed by atoms with van der Waals surface area (Å²) in [4.78, 5) is 0. The number of rotatable bonds is 7. The average Bonchev–Trinajstić information content (AvgIpc) is 2.80. The molecule has 1 aliphatic rings. The molecule has 1 aromatic rings. The first kappa shape index (κ1) is 16.1. The van der Waals surface area contributed by atoms with E-state index in [0.29, 0.717) is 18.6 Å². The Hall–Kier alpha value is -1.26. The fraction of sp³-hybridized carbons (Fsp3) is 0.647. The number of hydrogen-bond donors (Lipinski definition) is 1. The van der Waals surface area contributed by atoms with Gasteiger partial charge in [-0.3, -0.25) is 0 Å². The van der Waals surface area contributed by atoms with Crippen LogP contribution in [0.2, 0.25) is 0 Å². The molecule has 2 unspecified atom stereocenters. The molecule has 0 amide bonds. The molecule has 0 radical (unpaired) electrons. The molecule has 0 aromatic heterocycles. The van der Waals surface area contributed by atoms with Crippen molar-refractivity contribution in [2.24, 2.45) is 5.92 Å². The van der Waals surface area contributed by atoms with E-state index in [0.717, 1.165) is 30.0 Å². The summed E-state index contributed by atoms with van der Waals surface area (Å²) in [6.45, 7) is 7.94. The van der Waals surface area contributed by atoms with Crippen molar-refractivity contribution in [3.8, 4) is 11.5 Å². The number of methoxy groups -OCH3 is 2. The number of hydrogen-bond acceptors (Lipinski definition) is 4. The molecule has 0 fully saturated rings. The number of benzene rings is 1. The molecule has 0 aliphatic carbocycles. The second-order valence-corrected chi connectivity index (χ2v) is 6.09. The molecule has 2 rings (SSSR count). The first-order chi connectivity index (χ1) is 10.0. The third kappa shape index (κ3) is 3.89. The highest BCUT2D eigenvalue weighted by Gasteiger charge is 2.22. The molecule has 0 saturated carbocycles. The Morgan fingerprint density at radius 2 is 2.10 bits per heavy atom. The predicted octanol–water partition coefficient (Wildman–Crippen LogP) is 2.78. The van der Waals surface area contributed by atoms with Crippen molar-refractivity contribution in [2.45, 2.75) is 45.9 Å². The quantitative estimate of drug-likeness (QED) is 0.839. The van der Waals surface area contributed by atoms with Crippen molar-refractivity contribution >= 4 is 0 Å². The van der Waals surface area contributed by atoms with Crippen LogP contribution in [-0.4, -0.2) is 33.0 Å². The van der Waals surface area contributed by atoms with Gasteiger partial charge in [-0.15, -0.1) is 0 Å². The minimum absolute atomic E-state index is 0.254. The van der Waals surface area contributed by atoms with Crippen LogP contribution in [0.15, 0.2) is 12.1 Å². The van der Waals surface area contributed by atoms with Gasteiger partial charge in [-0.1, -0.05) is 13.8 Å². The van der Waals surface area contributed by atoms with Crippen molar-refractivity contribution < 1.29 is 14.2 Å². The zero-order valence-electron chi connectivity index (χ0n) is 13.7. The number of fused-ring (bicyclic) bond motifs is 1. The van der Waals surface area contributed by atoms with Crippen molar-refractivity contribution in [1.29, 1.82) is 0 Å². The largest absolute Gasteiger partial charge is 0.496 e. The molecular weight excluding hydrogens is 266 g/mol. The maximum atomic E-state index is 5.84. The van der Waals surface area contributed by atoms with E-state index in [-0.39, 0.29) is 6.10 Å². The summed E-state index contributed by atoms with van der Waals surface area (Å²) in [6, 6.07) is 4.54. The van der Waals surface area contributed by atoms with E-state index in [1.807, 2.05) is 0 Å². The van der Waals surface area contributed by atoms with Crippen LogP contribution >= 0.6 is 0 Å². The van der Waals surface area contributed by atoms with Crippen molar-refractivity contribution in [3.63, 3.8) is 0 Å². The molecule has 1 aliphatic heterocycles. The Bertz CT molecular complexity index is 473. The number of nitrogens with one attached hydrogen (secondary N) is 1. The second-order valence-electron chi connectivity index (χ2n) is 6.09. The van der Waals surface area contributed by atoms with Crippen LogP contribution < -0.4 is 14.8 Å². The summed E-state index contributed by atoms with van der Waals surface area (Å²) in [6.07, 6.45) is 1.21. The van der Waals surface area contributed by atoms with Gasteiger partial charge in [0.05, 0.1) is 13.7 Å². The molecule has 2 atom stereocenters. The topological polar surface area (TPSA) is 39.7 Å². The van der Waals surface area contributed by atoms with Crippen molar-refractivity contribution in [1.82, 2.24) is 5.32 Å². The molecule has 4 nitrogen and oxygen atoms in total. The van der Waals surface area contributed by atoms with Gasteiger partial charge in [-0.2, -0.15) is 0 Å². The van der Waals surface area contributed by atoms with Gasteiger partial charge >= 0.3 is 0 Å². The first-order valence-electron chi connectivity index (χ1n) is 7.64. The molecule has 1 heterocycles. The Balaban J connectivity index is 2.11. The van der Waals surface area contributed by atoms with Gasteiger partial charge < -0.3 is 19.5 Å². The van der Waals surface area contributed by atoms with E-state index in [2.05, 4.69) is 38.2 Å². The Morgan fingerprint density at radius 3 is 2.71 bits per heavy atom. The standard InChI is InChI=1S/C17H27NO3/c1-11(2)15(10-19-4)18-9-14-8-17-13(6-12(3)21-17)7-16(14)20-5/h7-8,11-12,15,18H,6,9-10H2,1-5H3. The Morgan fingerprint density at radius 1 is 1.33 bits per heavy atom. The number of ether oxygens (including phenoxy) is 3. The van der Waals surface area contributed by atoms with Crippen molar-refractivity contribution in [3.05, 3.63) is 23.3 Å². The molecule has 1 aromatic carbocycles. The van der Waals surface area contributed by atoms with Crippen LogP contribution in [0, 0.1) is 5.92 Å². The molecule has 0 bridgehead atoms. The van der Waals surface area contributed by atoms with E-state index in [9.17, 15) is 0 Å². The maximum absolute atomic E-state index is 5.84. The summed E-state index contributed by atoms with van der Waals surface area (Å²) in [5.41, 5.74) is 2.37. The summed E-state index contributed by atoms with van der Waals surface area (Å²) in [5.74, 6) is 2.44. The lowest BCUT2D eigenvalue weighted by Crippen LogP contribution is -2.37. The molecule has 21 heavy (non-hydrogen) atoms. The highest BCUT2D eigenvalue weighted by molar-refractivity contribution is 5.48. The van der Waals surface area contributed by atoms with E-state index >= 15 is 0 Å². The summed E-state index contributed by atoms with van der Waals surface area (Å²) in [5, 5.41) is 3.55. The van der Waals surface area contributed by atoms with Gasteiger partial charge in [0.25, 0.3) is 0 Å². The van der Waals surface area contributed by atoms with E-state index in [1.54, 1.807) is 14.2 Å². The van der Waals surface area contributed by atoms with Gasteiger partial charge in [0.2, 0.25) is 0 Å². The summed E-state index contributed by atoms with van der Waals surface area (Å²) in [7, 11) is 3.46. The fourth-order valence-electron chi connectivity index (χ4n) is 2.72. The van der Waals surface area contributed by atoms with E-state index in [1.165, 1.54) is 5.56 Å². The molecular formula is C17H27NO3. The molecule has 0 spiro atoms. The summed E-state index contributed by atoms with van der Waals surface area (Å²) >= 11 is 0. The van der Waals surface area contributed by atoms with Crippen LogP contribution in [-0.2, 0) is 17.7 Å². The average molecular weight is 293 g/mol. The highest BCUT2D eigenvalue weighted by atomic mass is 16.5. The van der Waals surface area contributed by atoms with Gasteiger partial charge in [-0.25, -0.2) is 0 Å². The zero-order chi connectivity index (χ0) is 15.4. The summed E-state index contributed by atoms with van der Waals surface area (Å²) < 4.78 is 16.7. The van der Waals surface area contributed by atoms with Crippen LogP contribution in [0.5, 0.6) is 11.5 Å². The van der Waals surface area contributed by atoms with Gasteiger partial charge in [0.15, 0.2) is 0 Å². The van der Waals surface area contributed by atoms with Crippen molar-refractivity contribution in [2.75, 3.05) is 20.8 Å². The Kier molecular flexibility index (Phi) is 5.48. The zero-order valence-corrected chi connectivity index (χ0v) is 13.7. The van der Waals surface area contributed by atoms with Crippen LogP contribution in [0.25, 0.3) is 0 Å². The molecule has 0 saturated heterocycles. The highest BCUT2D eigenvalue weighted by Crippen LogP contribution is 2.35. The SMILES string of the molecule is COCC(NCc1cc2c(cc1OC)CC(C)O2)C(C)C. The second kappa shape index (κ2) is 7.14. The predicted molar refractivity (Wildman–Crippen MR) is 84.1 cm³/mol. The van der Waals surface area contributed by atoms with Crippen LogP contribution in [0.4, 0.5) is 0 Å². The fourth-order valence-corrected chi connectivity index (χ4v) is 2.72. The lowest BCUT2D eigenvalue weighted by atomic mass is 10.0. The lowest BCUT2D eigenvalue weighted by Gasteiger charge is -2.22. The Labute approximate surface area is 127 Å². The first-order valence-corrected chi connectivity index (χ1v) is 7.64. The normalized spacial score (nSPS) is 18.5.